The summed E-state index contributed by atoms with van der Waals surface area (Å²) in [6.45, 7) is 1.76. The molecule has 9 heteroatoms. The molecule has 0 aliphatic heterocycles. The van der Waals surface area contributed by atoms with Gasteiger partial charge in [-0.3, -0.25) is 25.0 Å². The number of nitro benzene ring substituents is 2. The van der Waals surface area contributed by atoms with E-state index in [1.54, 1.807) is 6.92 Å². The van der Waals surface area contributed by atoms with Crippen molar-refractivity contribution in [3.05, 3.63) is 67.8 Å². The molecule has 0 fully saturated rings. The monoisotopic (exact) mass is 331 g/mol. The van der Waals surface area contributed by atoms with Crippen LogP contribution < -0.4 is 5.32 Å². The maximum absolute atomic E-state index is 12.3. The molecule has 0 aliphatic rings. The fraction of sp³-hybridized carbons (Fsp3) is 0.133. The minimum absolute atomic E-state index is 0.108. The maximum atomic E-state index is 12.3. The van der Waals surface area contributed by atoms with Crippen molar-refractivity contribution in [1.82, 2.24) is 0 Å². The van der Waals surface area contributed by atoms with E-state index >= 15 is 0 Å². The standard InChI is InChI=1S/C15H13N3O6/c1-2-9-7-10(17(21)22)3-5-13(9)16-15(20)12-8-11(18(23)24)4-6-14(12)19/h3-8,19H,2H2,1H3,(H,16,20). The summed E-state index contributed by atoms with van der Waals surface area (Å²) in [6.07, 6.45) is 0.429. The van der Waals surface area contributed by atoms with Crippen LogP contribution in [0.5, 0.6) is 5.75 Å². The first-order valence-corrected chi connectivity index (χ1v) is 6.89. The van der Waals surface area contributed by atoms with Crippen molar-refractivity contribution >= 4 is 23.0 Å². The van der Waals surface area contributed by atoms with Gasteiger partial charge in [-0.2, -0.15) is 0 Å². The Morgan fingerprint density at radius 3 is 2.25 bits per heavy atom. The molecule has 0 aliphatic carbocycles. The number of amides is 1. The summed E-state index contributed by atoms with van der Waals surface area (Å²) in [4.78, 5) is 32.6. The highest BCUT2D eigenvalue weighted by Crippen LogP contribution is 2.26. The largest absolute Gasteiger partial charge is 0.507 e. The summed E-state index contributed by atoms with van der Waals surface area (Å²) >= 11 is 0. The van der Waals surface area contributed by atoms with Crippen LogP contribution in [0.15, 0.2) is 36.4 Å². The number of anilines is 1. The minimum Gasteiger partial charge on any atom is -0.507 e. The molecule has 0 bridgehead atoms. The summed E-state index contributed by atoms with van der Waals surface area (Å²) in [5.41, 5.74) is 0.159. The third-order valence-corrected chi connectivity index (χ3v) is 3.36. The van der Waals surface area contributed by atoms with E-state index in [4.69, 9.17) is 0 Å². The van der Waals surface area contributed by atoms with Crippen molar-refractivity contribution < 1.29 is 19.7 Å². The Kier molecular flexibility index (Phi) is 4.73. The molecule has 2 N–H and O–H groups in total. The minimum atomic E-state index is -0.750. The Bertz CT molecular complexity index is 834. The van der Waals surface area contributed by atoms with E-state index in [1.807, 2.05) is 0 Å². The smallest absolute Gasteiger partial charge is 0.270 e. The lowest BCUT2D eigenvalue weighted by atomic mass is 10.1. The molecule has 2 aromatic rings. The number of phenolic OH excluding ortho intramolecular Hbond substituents is 1. The quantitative estimate of drug-likeness (QED) is 0.638. The van der Waals surface area contributed by atoms with Crippen molar-refractivity contribution in [2.45, 2.75) is 13.3 Å². The van der Waals surface area contributed by atoms with Crippen molar-refractivity contribution in [2.24, 2.45) is 0 Å². The molecule has 2 rings (SSSR count). The van der Waals surface area contributed by atoms with Gasteiger partial charge in [-0.15, -0.1) is 0 Å². The molecule has 0 radical (unpaired) electrons. The molecule has 124 valence electrons. The number of rotatable bonds is 5. The van der Waals surface area contributed by atoms with Crippen LogP contribution in [0.4, 0.5) is 17.1 Å². The van der Waals surface area contributed by atoms with Gasteiger partial charge in [0.2, 0.25) is 0 Å². The van der Waals surface area contributed by atoms with Gasteiger partial charge in [-0.05, 0) is 24.1 Å². The summed E-state index contributed by atoms with van der Waals surface area (Å²) < 4.78 is 0. The van der Waals surface area contributed by atoms with E-state index in [2.05, 4.69) is 5.32 Å². The van der Waals surface area contributed by atoms with Gasteiger partial charge in [0, 0.05) is 30.0 Å². The van der Waals surface area contributed by atoms with Gasteiger partial charge >= 0.3 is 0 Å². The zero-order valence-corrected chi connectivity index (χ0v) is 12.6. The first-order chi connectivity index (χ1) is 11.3. The summed E-state index contributed by atoms with van der Waals surface area (Å²) in [7, 11) is 0. The molecular formula is C15H13N3O6. The number of aromatic hydroxyl groups is 1. The second kappa shape index (κ2) is 6.73. The normalized spacial score (nSPS) is 10.2. The highest BCUT2D eigenvalue weighted by Gasteiger charge is 2.18. The first-order valence-electron chi connectivity index (χ1n) is 6.89. The number of hydrogen-bond donors (Lipinski definition) is 2. The third kappa shape index (κ3) is 3.46. The average Bonchev–Trinajstić information content (AvgIpc) is 2.54. The Morgan fingerprint density at radius 1 is 1.08 bits per heavy atom. The molecular weight excluding hydrogens is 318 g/mol. The van der Waals surface area contributed by atoms with E-state index in [-0.39, 0.29) is 16.9 Å². The lowest BCUT2D eigenvalue weighted by Crippen LogP contribution is -2.14. The molecule has 0 saturated heterocycles. The lowest BCUT2D eigenvalue weighted by molar-refractivity contribution is -0.385. The molecule has 0 spiro atoms. The Balaban J connectivity index is 2.35. The molecule has 0 aromatic heterocycles. The predicted molar refractivity (Wildman–Crippen MR) is 85.2 cm³/mol. The molecule has 2 aromatic carbocycles. The van der Waals surface area contributed by atoms with Gasteiger partial charge in [0.25, 0.3) is 17.3 Å². The van der Waals surface area contributed by atoms with Crippen LogP contribution in [0.2, 0.25) is 0 Å². The Morgan fingerprint density at radius 2 is 1.67 bits per heavy atom. The molecule has 24 heavy (non-hydrogen) atoms. The maximum Gasteiger partial charge on any atom is 0.270 e. The van der Waals surface area contributed by atoms with Gasteiger partial charge in [-0.25, -0.2) is 0 Å². The predicted octanol–water partition coefficient (Wildman–Crippen LogP) is 3.02. The number of non-ortho nitro benzene ring substituents is 2. The molecule has 0 atom stereocenters. The van der Waals surface area contributed by atoms with Gasteiger partial charge in [-0.1, -0.05) is 6.92 Å². The number of benzene rings is 2. The molecule has 0 unspecified atom stereocenters. The number of nitro groups is 2. The van der Waals surface area contributed by atoms with Crippen LogP contribution in [0.1, 0.15) is 22.8 Å². The van der Waals surface area contributed by atoms with Crippen molar-refractivity contribution in [3.63, 3.8) is 0 Å². The summed E-state index contributed by atoms with van der Waals surface area (Å²) in [5, 5.41) is 33.8. The Hall–Kier alpha value is -3.49. The van der Waals surface area contributed by atoms with Crippen LogP contribution in [0.25, 0.3) is 0 Å². The fourth-order valence-electron chi connectivity index (χ4n) is 2.12. The number of phenols is 1. The number of carbonyl (C=O) groups is 1. The van der Waals surface area contributed by atoms with Crippen molar-refractivity contribution in [2.75, 3.05) is 5.32 Å². The summed E-state index contributed by atoms with van der Waals surface area (Å²) in [6, 6.07) is 7.05. The van der Waals surface area contributed by atoms with Gasteiger partial charge in [0.15, 0.2) is 0 Å². The van der Waals surface area contributed by atoms with E-state index in [0.29, 0.717) is 17.7 Å². The van der Waals surface area contributed by atoms with E-state index in [1.165, 1.54) is 18.2 Å². The topological polar surface area (TPSA) is 136 Å². The van der Waals surface area contributed by atoms with Crippen LogP contribution in [-0.2, 0) is 6.42 Å². The number of nitrogens with one attached hydrogen (secondary N) is 1. The van der Waals surface area contributed by atoms with E-state index < -0.39 is 21.5 Å². The number of nitrogens with zero attached hydrogens (tertiary/aromatic N) is 2. The zero-order chi connectivity index (χ0) is 17.9. The van der Waals surface area contributed by atoms with Gasteiger partial charge in [0.1, 0.15) is 5.75 Å². The Labute approximate surface area is 135 Å². The molecule has 9 nitrogen and oxygen atoms in total. The molecule has 0 heterocycles. The summed E-state index contributed by atoms with van der Waals surface area (Å²) in [5.74, 6) is -1.15. The number of carbonyl (C=O) groups excluding carboxylic acids is 1. The number of hydrogen-bond acceptors (Lipinski definition) is 6. The van der Waals surface area contributed by atoms with Crippen molar-refractivity contribution in [1.29, 1.82) is 0 Å². The first kappa shape index (κ1) is 16.9. The second-order valence-corrected chi connectivity index (χ2v) is 4.86. The van der Waals surface area contributed by atoms with Crippen molar-refractivity contribution in [3.8, 4) is 5.75 Å². The second-order valence-electron chi connectivity index (χ2n) is 4.86. The van der Waals surface area contributed by atoms with E-state index in [9.17, 15) is 30.1 Å². The van der Waals surface area contributed by atoms with Crippen LogP contribution in [0.3, 0.4) is 0 Å². The molecule has 1 amide bonds. The fourth-order valence-corrected chi connectivity index (χ4v) is 2.12. The zero-order valence-electron chi connectivity index (χ0n) is 12.6. The third-order valence-electron chi connectivity index (χ3n) is 3.36. The van der Waals surface area contributed by atoms with Crippen LogP contribution in [0, 0.1) is 20.2 Å². The van der Waals surface area contributed by atoms with Crippen LogP contribution >= 0.6 is 0 Å². The highest BCUT2D eigenvalue weighted by molar-refractivity contribution is 6.06. The number of aryl methyl sites for hydroxylation is 1. The van der Waals surface area contributed by atoms with Gasteiger partial charge < -0.3 is 10.4 Å². The van der Waals surface area contributed by atoms with E-state index in [0.717, 1.165) is 18.2 Å². The van der Waals surface area contributed by atoms with Gasteiger partial charge in [0.05, 0.1) is 15.4 Å². The lowest BCUT2D eigenvalue weighted by Gasteiger charge is -2.10. The van der Waals surface area contributed by atoms with Crippen LogP contribution in [-0.4, -0.2) is 20.9 Å². The molecule has 0 saturated carbocycles. The highest BCUT2D eigenvalue weighted by atomic mass is 16.6. The average molecular weight is 331 g/mol. The SMILES string of the molecule is CCc1cc([N+](=O)[O-])ccc1NC(=O)c1cc([N+](=O)[O-])ccc1O.